The highest BCUT2D eigenvalue weighted by Gasteiger charge is 2.44. The third kappa shape index (κ3) is 2.67. The van der Waals surface area contributed by atoms with Crippen molar-refractivity contribution in [3.63, 3.8) is 0 Å². The Bertz CT molecular complexity index is 457. The minimum atomic E-state index is -1.11. The normalized spacial score (nSPS) is 40.8. The van der Waals surface area contributed by atoms with Crippen molar-refractivity contribution in [3.05, 3.63) is 0 Å². The van der Waals surface area contributed by atoms with Crippen molar-refractivity contribution in [2.45, 2.75) is 63.4 Å². The molecule has 6 atom stereocenters. The molecule has 1 amide bonds. The molecule has 0 aromatic rings. The van der Waals surface area contributed by atoms with Crippen LogP contribution in [-0.2, 0) is 4.79 Å². The molecule has 0 bridgehead atoms. The van der Waals surface area contributed by atoms with Gasteiger partial charge in [-0.25, -0.2) is 4.39 Å². The van der Waals surface area contributed by atoms with Gasteiger partial charge >= 0.3 is 0 Å². The first-order chi connectivity index (χ1) is 10.5. The summed E-state index contributed by atoms with van der Waals surface area (Å²) in [5, 5.41) is 0. The Morgan fingerprint density at radius 1 is 1.50 bits per heavy atom. The molecule has 124 valence electrons. The summed E-state index contributed by atoms with van der Waals surface area (Å²) in [6.45, 7) is 6.40. The predicted octanol–water partition coefficient (Wildman–Crippen LogP) is 0.826. The number of piperazine rings is 1. The quantitative estimate of drug-likeness (QED) is 0.840. The van der Waals surface area contributed by atoms with Gasteiger partial charge in [0.25, 0.3) is 0 Å². The van der Waals surface area contributed by atoms with E-state index in [2.05, 4.69) is 23.7 Å². The number of hydrogen-bond donors (Lipinski definition) is 1. The van der Waals surface area contributed by atoms with Crippen LogP contribution in [0.2, 0.25) is 0 Å². The molecule has 0 saturated carbocycles. The Morgan fingerprint density at radius 3 is 3.00 bits per heavy atom. The van der Waals surface area contributed by atoms with Crippen molar-refractivity contribution in [3.8, 4) is 0 Å². The van der Waals surface area contributed by atoms with Crippen LogP contribution in [0.25, 0.3) is 0 Å². The Kier molecular flexibility index (Phi) is 4.50. The molecular formula is C16H27FN4O. The topological polar surface area (TPSA) is 61.9 Å². The van der Waals surface area contributed by atoms with Crippen molar-refractivity contribution in [1.82, 2.24) is 9.80 Å². The van der Waals surface area contributed by atoms with Crippen LogP contribution < -0.4 is 5.73 Å². The molecule has 0 aliphatic carbocycles. The summed E-state index contributed by atoms with van der Waals surface area (Å²) in [5.41, 5.74) is 6.41. The zero-order valence-electron chi connectivity index (χ0n) is 13.5. The summed E-state index contributed by atoms with van der Waals surface area (Å²) in [6, 6.07) is -0.361. The number of carbonyl (C=O) groups excluding carboxylic acids is 1. The number of hydrogen-bond acceptors (Lipinski definition) is 4. The Morgan fingerprint density at radius 2 is 2.27 bits per heavy atom. The van der Waals surface area contributed by atoms with E-state index in [1.807, 2.05) is 4.90 Å². The molecule has 2 saturated heterocycles. The number of nitrogens with zero attached hydrogens (tertiary/aromatic N) is 3. The van der Waals surface area contributed by atoms with E-state index in [0.29, 0.717) is 25.4 Å². The molecule has 3 heterocycles. The van der Waals surface area contributed by atoms with Gasteiger partial charge in [-0.3, -0.25) is 14.7 Å². The second-order valence-electron chi connectivity index (χ2n) is 6.96. The number of halogens is 1. The van der Waals surface area contributed by atoms with E-state index >= 15 is 0 Å². The lowest BCUT2D eigenvalue weighted by Crippen LogP contribution is -2.65. The van der Waals surface area contributed by atoms with Crippen LogP contribution >= 0.6 is 0 Å². The number of rotatable bonds is 3. The summed E-state index contributed by atoms with van der Waals surface area (Å²) in [6.07, 6.45) is 2.85. The molecule has 2 N–H and O–H groups in total. The van der Waals surface area contributed by atoms with Crippen molar-refractivity contribution >= 4 is 12.1 Å². The van der Waals surface area contributed by atoms with Gasteiger partial charge in [0.15, 0.2) is 6.17 Å². The molecular weight excluding hydrogens is 283 g/mol. The zero-order valence-corrected chi connectivity index (χ0v) is 13.5. The number of carbonyl (C=O) groups is 1. The van der Waals surface area contributed by atoms with Gasteiger partial charge in [-0.1, -0.05) is 20.3 Å². The maximum atomic E-state index is 14.5. The van der Waals surface area contributed by atoms with Gasteiger partial charge in [-0.05, 0) is 12.3 Å². The number of amides is 1. The fourth-order valence-corrected chi connectivity index (χ4v) is 4.16. The molecule has 5 unspecified atom stereocenters. The minimum absolute atomic E-state index is 0.00904. The van der Waals surface area contributed by atoms with Gasteiger partial charge in [-0.2, -0.15) is 0 Å². The Hall–Kier alpha value is -1.01. The van der Waals surface area contributed by atoms with Gasteiger partial charge in [0.05, 0.1) is 12.1 Å². The molecule has 5 nitrogen and oxygen atoms in total. The Balaban J connectivity index is 1.73. The summed E-state index contributed by atoms with van der Waals surface area (Å²) in [5.74, 6) is 0.601. The molecule has 3 aliphatic heterocycles. The van der Waals surface area contributed by atoms with Crippen molar-refractivity contribution in [2.24, 2.45) is 16.6 Å². The second-order valence-corrected chi connectivity index (χ2v) is 6.96. The standard InChI is InChI=1S/C16H27FN4O/c1-3-10(2)15-14(18)16(12(17)8-19-15)20-6-7-21-11(9-20)4-5-13(21)22/h8,10-12,14-16H,3-7,9,18H2,1-2H3/t10-,11?,12?,14?,15?,16?/m1/s1. The zero-order chi connectivity index (χ0) is 15.9. The van der Waals surface area contributed by atoms with Crippen LogP contribution in [0.15, 0.2) is 4.99 Å². The molecule has 3 aliphatic rings. The molecule has 2 fully saturated rings. The van der Waals surface area contributed by atoms with Gasteiger partial charge in [0, 0.05) is 44.4 Å². The highest BCUT2D eigenvalue weighted by molar-refractivity contribution is 5.79. The molecule has 0 radical (unpaired) electrons. The monoisotopic (exact) mass is 310 g/mol. The van der Waals surface area contributed by atoms with E-state index in [1.165, 1.54) is 6.21 Å². The molecule has 22 heavy (non-hydrogen) atoms. The highest BCUT2D eigenvalue weighted by Crippen LogP contribution is 2.29. The van der Waals surface area contributed by atoms with Crippen LogP contribution in [-0.4, -0.2) is 71.9 Å². The average molecular weight is 310 g/mol. The summed E-state index contributed by atoms with van der Waals surface area (Å²) in [7, 11) is 0. The van der Waals surface area contributed by atoms with Gasteiger partial charge in [-0.15, -0.1) is 0 Å². The number of aliphatic imine (C=N–C) groups is 1. The van der Waals surface area contributed by atoms with E-state index in [0.717, 1.165) is 19.4 Å². The van der Waals surface area contributed by atoms with E-state index < -0.39 is 6.17 Å². The predicted molar refractivity (Wildman–Crippen MR) is 84.7 cm³/mol. The molecule has 0 aromatic heterocycles. The van der Waals surface area contributed by atoms with E-state index in [-0.39, 0.29) is 30.1 Å². The van der Waals surface area contributed by atoms with E-state index in [9.17, 15) is 9.18 Å². The van der Waals surface area contributed by atoms with Gasteiger partial charge < -0.3 is 10.6 Å². The van der Waals surface area contributed by atoms with Crippen LogP contribution in [0.5, 0.6) is 0 Å². The lowest BCUT2D eigenvalue weighted by Gasteiger charge is -2.47. The van der Waals surface area contributed by atoms with Crippen molar-refractivity contribution in [2.75, 3.05) is 19.6 Å². The number of nitrogens with two attached hydrogens (primary N) is 1. The maximum absolute atomic E-state index is 14.5. The van der Waals surface area contributed by atoms with E-state index in [1.54, 1.807) is 0 Å². The number of alkyl halides is 1. The summed E-state index contributed by atoms with van der Waals surface area (Å²) in [4.78, 5) is 20.3. The molecule has 3 rings (SSSR count). The fraction of sp³-hybridized carbons (Fsp3) is 0.875. The van der Waals surface area contributed by atoms with Crippen molar-refractivity contribution in [1.29, 1.82) is 0 Å². The first-order valence-electron chi connectivity index (χ1n) is 8.49. The van der Waals surface area contributed by atoms with Gasteiger partial charge in [0.1, 0.15) is 0 Å². The fourth-order valence-electron chi connectivity index (χ4n) is 4.16. The molecule has 6 heteroatoms. The number of fused-ring (bicyclic) bond motifs is 1. The minimum Gasteiger partial charge on any atom is -0.337 e. The first kappa shape index (κ1) is 15.9. The maximum Gasteiger partial charge on any atom is 0.222 e. The van der Waals surface area contributed by atoms with Gasteiger partial charge in [0.2, 0.25) is 5.91 Å². The summed E-state index contributed by atoms with van der Waals surface area (Å²) < 4.78 is 14.5. The van der Waals surface area contributed by atoms with Crippen LogP contribution in [0.4, 0.5) is 4.39 Å². The summed E-state index contributed by atoms with van der Waals surface area (Å²) >= 11 is 0. The molecule has 0 aromatic carbocycles. The van der Waals surface area contributed by atoms with Crippen LogP contribution in [0.3, 0.4) is 0 Å². The van der Waals surface area contributed by atoms with Crippen LogP contribution in [0.1, 0.15) is 33.1 Å². The lowest BCUT2D eigenvalue weighted by molar-refractivity contribution is -0.131. The lowest BCUT2D eigenvalue weighted by atomic mass is 9.84. The largest absolute Gasteiger partial charge is 0.337 e. The third-order valence-corrected chi connectivity index (χ3v) is 5.69. The van der Waals surface area contributed by atoms with Crippen LogP contribution in [0, 0.1) is 5.92 Å². The highest BCUT2D eigenvalue weighted by atomic mass is 19.1. The first-order valence-corrected chi connectivity index (χ1v) is 8.49. The molecule has 0 spiro atoms. The van der Waals surface area contributed by atoms with Crippen molar-refractivity contribution < 1.29 is 9.18 Å². The Labute approximate surface area is 131 Å². The van der Waals surface area contributed by atoms with E-state index in [4.69, 9.17) is 5.73 Å². The second kappa shape index (κ2) is 6.24. The third-order valence-electron chi connectivity index (χ3n) is 5.69. The average Bonchev–Trinajstić information content (AvgIpc) is 2.88. The SMILES string of the molecule is CC[C@@H](C)C1N=CC(F)C(N2CCN3C(=O)CCC3C2)C1N. The smallest absolute Gasteiger partial charge is 0.222 e.